The van der Waals surface area contributed by atoms with E-state index < -0.39 is 100 Å². The zero-order valence-electron chi connectivity index (χ0n) is 44.7. The summed E-state index contributed by atoms with van der Waals surface area (Å²) in [6.07, 6.45) is 1.17. The van der Waals surface area contributed by atoms with Crippen molar-refractivity contribution in [3.8, 4) is 16.9 Å². The molecule has 21 nitrogen and oxygen atoms in total. The minimum absolute atomic E-state index is 0.0304. The number of hydrogen-bond acceptors (Lipinski definition) is 12. The molecule has 0 spiro atoms. The van der Waals surface area contributed by atoms with Crippen molar-refractivity contribution in [1.29, 1.82) is 0 Å². The van der Waals surface area contributed by atoms with Gasteiger partial charge in [-0.3, -0.25) is 29.0 Å². The summed E-state index contributed by atoms with van der Waals surface area (Å²) < 4.78 is 41.8. The largest absolute Gasteiger partial charge is 0.487 e. The van der Waals surface area contributed by atoms with Gasteiger partial charge >= 0.3 is 12.1 Å². The van der Waals surface area contributed by atoms with Crippen LogP contribution in [0.25, 0.3) is 11.1 Å². The van der Waals surface area contributed by atoms with Gasteiger partial charge in [0.15, 0.2) is 0 Å². The SMILES string of the molecule is Cc1c(C)c(S(=O)(=O)NC(N)=NCCC[C@H](NC(=O)CNC(=O)[C@@H]2CCCN2C(=O)CNC(=O)OCC2c3ccccc3-c3ccccc32)C(=O)N[C@@H](C)C(=O)N[C@@H](Cc2ccccc2)C(=O)O)c(C)c2c1OC(C)(C)CC2. The van der Waals surface area contributed by atoms with Gasteiger partial charge in [-0.1, -0.05) is 78.9 Å². The Labute approximate surface area is 453 Å². The van der Waals surface area contributed by atoms with E-state index in [0.717, 1.165) is 27.8 Å². The predicted octanol–water partition coefficient (Wildman–Crippen LogP) is 3.54. The normalized spacial score (nSPS) is 16.7. The lowest BCUT2D eigenvalue weighted by molar-refractivity contribution is -0.142. The van der Waals surface area contributed by atoms with Crippen molar-refractivity contribution in [2.75, 3.05) is 32.8 Å². The zero-order chi connectivity index (χ0) is 56.5. The standard InChI is InChI=1S/C56H69N9O12S/c1-32-33(2)49(34(3)37-24-25-56(5,6)77-48(32)37)78(74,75)64-54(57)58-26-14-22-43(51(69)61-35(4)50(68)63-44(53(71)72)28-36-16-8-7-9-17-36)62-46(66)29-59-52(70)45-23-15-27-65(45)47(67)30-60-55(73)76-31-42-40-20-12-10-18-38(40)39-19-11-13-21-41(39)42/h7-13,16-21,35,42-45H,14-15,22-31H2,1-6H3,(H,59,70)(H,60,73)(H,61,69)(H,62,66)(H,63,68)(H,71,72)(H3,57,58,64)/t35-,43-,44-,45-/m0/s1. The summed E-state index contributed by atoms with van der Waals surface area (Å²) >= 11 is 0. The minimum atomic E-state index is -4.23. The van der Waals surface area contributed by atoms with Gasteiger partial charge in [0.25, 0.3) is 10.0 Å². The lowest BCUT2D eigenvalue weighted by Gasteiger charge is -2.35. The van der Waals surface area contributed by atoms with Gasteiger partial charge in [0, 0.05) is 25.4 Å². The number of sulfonamides is 1. The summed E-state index contributed by atoms with van der Waals surface area (Å²) in [5, 5.41) is 22.4. The molecular formula is C56H69N9O12S. The summed E-state index contributed by atoms with van der Waals surface area (Å²) in [5.41, 5.74) is 13.1. The smallest absolute Gasteiger partial charge is 0.407 e. The third-order valence-electron chi connectivity index (χ3n) is 14.4. The minimum Gasteiger partial charge on any atom is -0.487 e. The highest BCUT2D eigenvalue weighted by molar-refractivity contribution is 7.90. The van der Waals surface area contributed by atoms with Crippen molar-refractivity contribution in [2.45, 2.75) is 127 Å². The molecule has 0 saturated carbocycles. The molecule has 0 aromatic heterocycles. The van der Waals surface area contributed by atoms with E-state index in [-0.39, 0.29) is 56.2 Å². The van der Waals surface area contributed by atoms with E-state index in [0.29, 0.717) is 47.3 Å². The molecule has 0 unspecified atom stereocenters. The first-order valence-electron chi connectivity index (χ1n) is 26.0. The first kappa shape index (κ1) is 57.7. The maximum atomic E-state index is 13.8. The lowest BCUT2D eigenvalue weighted by Crippen LogP contribution is -2.56. The van der Waals surface area contributed by atoms with Crippen LogP contribution in [0, 0.1) is 20.8 Å². The maximum absolute atomic E-state index is 13.8. The Kier molecular flexibility index (Phi) is 18.5. The first-order valence-corrected chi connectivity index (χ1v) is 27.5. The van der Waals surface area contributed by atoms with Crippen LogP contribution in [0.5, 0.6) is 5.75 Å². The highest BCUT2D eigenvalue weighted by Crippen LogP contribution is 2.45. The third-order valence-corrected chi connectivity index (χ3v) is 16.1. The molecule has 78 heavy (non-hydrogen) atoms. The van der Waals surface area contributed by atoms with Crippen LogP contribution in [0.15, 0.2) is 88.8 Å². The van der Waals surface area contributed by atoms with Crippen LogP contribution in [0.1, 0.15) is 97.7 Å². The number of nitrogens with one attached hydrogen (secondary N) is 6. The van der Waals surface area contributed by atoms with Crippen LogP contribution in [-0.4, -0.2) is 129 Å². The lowest BCUT2D eigenvalue weighted by atomic mass is 9.88. The molecule has 3 aliphatic rings. The van der Waals surface area contributed by atoms with Crippen molar-refractivity contribution >= 4 is 57.6 Å². The van der Waals surface area contributed by atoms with E-state index in [9.17, 15) is 47.1 Å². The molecule has 2 heterocycles. The van der Waals surface area contributed by atoms with Crippen molar-refractivity contribution < 1.29 is 56.6 Å². The molecule has 1 saturated heterocycles. The fraction of sp³-hybridized carbons (Fsp3) is 0.429. The predicted molar refractivity (Wildman–Crippen MR) is 290 cm³/mol. The second-order valence-electron chi connectivity index (χ2n) is 20.5. The summed E-state index contributed by atoms with van der Waals surface area (Å²) in [6, 6.07) is 19.5. The van der Waals surface area contributed by atoms with Gasteiger partial charge < -0.3 is 51.8 Å². The summed E-state index contributed by atoms with van der Waals surface area (Å²) in [7, 11) is -4.23. The molecule has 2 aliphatic heterocycles. The molecule has 6 amide bonds. The van der Waals surface area contributed by atoms with E-state index >= 15 is 0 Å². The Morgan fingerprint density at radius 3 is 2.15 bits per heavy atom. The number of guanidine groups is 1. The number of carbonyl (C=O) groups excluding carboxylic acids is 6. The van der Waals surface area contributed by atoms with Crippen LogP contribution in [0.4, 0.5) is 4.79 Å². The van der Waals surface area contributed by atoms with Crippen LogP contribution < -0.4 is 41.8 Å². The number of benzene rings is 4. The number of aliphatic carboxylic acids is 1. The Hall–Kier alpha value is -8.01. The fourth-order valence-corrected chi connectivity index (χ4v) is 11.8. The number of aliphatic imine (C=N–C) groups is 1. The number of nitrogens with zero attached hydrogens (tertiary/aromatic N) is 2. The molecule has 0 radical (unpaired) electrons. The molecule has 22 heteroatoms. The Morgan fingerprint density at radius 2 is 1.49 bits per heavy atom. The van der Waals surface area contributed by atoms with Gasteiger partial charge in [0.05, 0.1) is 11.4 Å². The molecule has 4 atom stereocenters. The second kappa shape index (κ2) is 25.0. The zero-order valence-corrected chi connectivity index (χ0v) is 45.5. The number of carbonyl (C=O) groups is 7. The summed E-state index contributed by atoms with van der Waals surface area (Å²) in [4.78, 5) is 98.0. The fourth-order valence-electron chi connectivity index (χ4n) is 10.2. The van der Waals surface area contributed by atoms with Gasteiger partial charge in [0.2, 0.25) is 35.5 Å². The van der Waals surface area contributed by atoms with Gasteiger partial charge in [-0.15, -0.1) is 0 Å². The molecule has 9 N–H and O–H groups in total. The van der Waals surface area contributed by atoms with Crippen LogP contribution in [-0.2, 0) is 56.4 Å². The first-order chi connectivity index (χ1) is 37.0. The number of amides is 6. The van der Waals surface area contributed by atoms with Crippen LogP contribution in [0.2, 0.25) is 0 Å². The Morgan fingerprint density at radius 1 is 0.833 bits per heavy atom. The van der Waals surface area contributed by atoms with E-state index in [1.54, 1.807) is 51.1 Å². The molecule has 416 valence electrons. The van der Waals surface area contributed by atoms with E-state index in [1.165, 1.54) is 11.8 Å². The molecular weight excluding hydrogens is 1020 g/mol. The highest BCUT2D eigenvalue weighted by Gasteiger charge is 2.37. The number of ether oxygens (including phenoxy) is 2. The van der Waals surface area contributed by atoms with Gasteiger partial charge in [-0.25, -0.2) is 22.7 Å². The maximum Gasteiger partial charge on any atom is 0.407 e. The van der Waals surface area contributed by atoms with E-state index in [2.05, 4.69) is 36.3 Å². The quantitative estimate of drug-likeness (QED) is 0.0337. The topological polar surface area (TPSA) is 306 Å². The molecule has 1 aliphatic carbocycles. The van der Waals surface area contributed by atoms with Crippen molar-refractivity contribution in [3.63, 3.8) is 0 Å². The number of nitrogens with two attached hydrogens (primary N) is 1. The summed E-state index contributed by atoms with van der Waals surface area (Å²) in [5.74, 6) is -4.86. The average Bonchev–Trinajstić information content (AvgIpc) is 4.17. The number of hydrogen-bond donors (Lipinski definition) is 8. The van der Waals surface area contributed by atoms with Gasteiger partial charge in [0.1, 0.15) is 48.7 Å². The second-order valence-corrected chi connectivity index (χ2v) is 22.1. The Balaban J connectivity index is 0.944. The number of fused-ring (bicyclic) bond motifs is 4. The van der Waals surface area contributed by atoms with Crippen LogP contribution in [0.3, 0.4) is 0 Å². The van der Waals surface area contributed by atoms with Crippen molar-refractivity contribution in [1.82, 2.24) is 36.2 Å². The van der Waals surface area contributed by atoms with Crippen LogP contribution >= 0.6 is 0 Å². The number of carboxylic acids is 1. The third kappa shape index (κ3) is 13.9. The Bertz CT molecular complexity index is 3050. The summed E-state index contributed by atoms with van der Waals surface area (Å²) in [6.45, 7) is 9.61. The van der Waals surface area contributed by atoms with Crippen molar-refractivity contribution in [3.05, 3.63) is 118 Å². The molecule has 7 rings (SSSR count). The number of carboxylic acid groups (broad SMARTS) is 1. The number of likely N-dealkylation sites (tertiary alicyclic amines) is 1. The molecule has 4 aromatic carbocycles. The molecule has 0 bridgehead atoms. The number of rotatable bonds is 21. The van der Waals surface area contributed by atoms with Gasteiger partial charge in [-0.2, -0.15) is 0 Å². The van der Waals surface area contributed by atoms with E-state index in [1.807, 2.05) is 62.4 Å². The highest BCUT2D eigenvalue weighted by atomic mass is 32.2. The molecule has 1 fully saturated rings. The van der Waals surface area contributed by atoms with Gasteiger partial charge in [-0.05, 0) is 130 Å². The molecule has 4 aromatic rings. The van der Waals surface area contributed by atoms with E-state index in [4.69, 9.17) is 15.2 Å². The number of alkyl carbamates (subject to hydrolysis) is 1. The van der Waals surface area contributed by atoms with Crippen molar-refractivity contribution in [2.24, 2.45) is 10.7 Å². The average molecular weight is 1090 g/mol. The monoisotopic (exact) mass is 1090 g/mol.